The zero-order chi connectivity index (χ0) is 11.2. The van der Waals surface area contributed by atoms with Gasteiger partial charge in [0.05, 0.1) is 0 Å². The summed E-state index contributed by atoms with van der Waals surface area (Å²) in [5.41, 5.74) is 1.45. The van der Waals surface area contributed by atoms with Crippen LogP contribution >= 0.6 is 0 Å². The van der Waals surface area contributed by atoms with Gasteiger partial charge in [0, 0.05) is 31.6 Å². The van der Waals surface area contributed by atoms with Crippen molar-refractivity contribution in [1.29, 1.82) is 0 Å². The van der Waals surface area contributed by atoms with Gasteiger partial charge in [-0.25, -0.2) is 0 Å². The van der Waals surface area contributed by atoms with Gasteiger partial charge >= 0.3 is 0 Å². The van der Waals surface area contributed by atoms with E-state index < -0.39 is 0 Å². The number of hydrogen-bond donors (Lipinski definition) is 0. The van der Waals surface area contributed by atoms with E-state index in [1.165, 1.54) is 57.3 Å². The van der Waals surface area contributed by atoms with Crippen molar-refractivity contribution in [3.8, 4) is 0 Å². The van der Waals surface area contributed by atoms with E-state index in [0.717, 1.165) is 12.8 Å². The molecule has 1 aliphatic heterocycles. The predicted octanol–water partition coefficient (Wildman–Crippen LogP) is 3.28. The van der Waals surface area contributed by atoms with Gasteiger partial charge in [-0.3, -0.25) is 4.79 Å². The molecule has 0 radical (unpaired) electrons. The van der Waals surface area contributed by atoms with Gasteiger partial charge in [-0.05, 0) is 38.5 Å². The van der Waals surface area contributed by atoms with E-state index in [9.17, 15) is 4.79 Å². The zero-order valence-corrected chi connectivity index (χ0v) is 10.2. The average molecular weight is 221 g/mol. The van der Waals surface area contributed by atoms with Crippen LogP contribution in [-0.4, -0.2) is 23.8 Å². The monoisotopic (exact) mass is 221 g/mol. The Hall–Kier alpha value is -0.790. The van der Waals surface area contributed by atoms with Gasteiger partial charge in [0.15, 0.2) is 0 Å². The van der Waals surface area contributed by atoms with Gasteiger partial charge < -0.3 is 4.90 Å². The number of hydrogen-bond acceptors (Lipinski definition) is 2. The quantitative estimate of drug-likeness (QED) is 0.677. The standard InChI is InChI=1S/C14H23NO/c16-14-8-4-1-3-7-13(9-10-14)15-11-5-2-6-12-15/h9H,1-8,10-12H2. The van der Waals surface area contributed by atoms with Gasteiger partial charge in [0.1, 0.15) is 5.78 Å². The van der Waals surface area contributed by atoms with Crippen molar-refractivity contribution < 1.29 is 4.79 Å². The third-order valence-electron chi connectivity index (χ3n) is 3.72. The summed E-state index contributed by atoms with van der Waals surface area (Å²) in [5.74, 6) is 0.427. The SMILES string of the molecule is O=C1CC=C(N2CCCCC2)CCCCC1. The fraction of sp³-hybridized carbons (Fsp3) is 0.786. The van der Waals surface area contributed by atoms with Crippen LogP contribution in [0.2, 0.25) is 0 Å². The summed E-state index contributed by atoms with van der Waals surface area (Å²) in [4.78, 5) is 14.1. The molecule has 0 atom stereocenters. The molecule has 0 unspecified atom stereocenters. The van der Waals surface area contributed by atoms with Crippen molar-refractivity contribution in [1.82, 2.24) is 4.90 Å². The first-order chi connectivity index (χ1) is 7.86. The molecule has 1 aliphatic carbocycles. The molecule has 0 aromatic rings. The van der Waals surface area contributed by atoms with E-state index in [1.54, 1.807) is 0 Å². The summed E-state index contributed by atoms with van der Waals surface area (Å²) in [6.07, 6.45) is 12.5. The highest BCUT2D eigenvalue weighted by Gasteiger charge is 2.14. The molecule has 0 bridgehead atoms. The maximum absolute atomic E-state index is 11.6. The molecule has 1 heterocycles. The van der Waals surface area contributed by atoms with Crippen LogP contribution in [-0.2, 0) is 4.79 Å². The van der Waals surface area contributed by atoms with Crippen molar-refractivity contribution in [3.05, 3.63) is 11.8 Å². The lowest BCUT2D eigenvalue weighted by atomic mass is 10.1. The highest BCUT2D eigenvalue weighted by atomic mass is 16.1. The molecule has 1 saturated heterocycles. The average Bonchev–Trinajstić information content (AvgIpc) is 2.43. The zero-order valence-electron chi connectivity index (χ0n) is 10.2. The van der Waals surface area contributed by atoms with E-state index in [2.05, 4.69) is 11.0 Å². The predicted molar refractivity (Wildman–Crippen MR) is 66.2 cm³/mol. The number of carbonyl (C=O) groups is 1. The molecule has 0 N–H and O–H groups in total. The molecule has 0 saturated carbocycles. The molecule has 2 heteroatoms. The summed E-state index contributed by atoms with van der Waals surface area (Å²) in [6.45, 7) is 2.42. The van der Waals surface area contributed by atoms with Crippen LogP contribution in [0.15, 0.2) is 11.8 Å². The Morgan fingerprint density at radius 2 is 1.56 bits per heavy atom. The van der Waals surface area contributed by atoms with Crippen molar-refractivity contribution in [2.24, 2.45) is 0 Å². The number of carbonyl (C=O) groups excluding carboxylic acids is 1. The van der Waals surface area contributed by atoms with E-state index in [1.807, 2.05) is 0 Å². The molecule has 1 fully saturated rings. The molecule has 0 aromatic heterocycles. The van der Waals surface area contributed by atoms with E-state index in [4.69, 9.17) is 0 Å². The Morgan fingerprint density at radius 1 is 0.875 bits per heavy atom. The minimum Gasteiger partial charge on any atom is -0.375 e. The molecular weight excluding hydrogens is 198 g/mol. The lowest BCUT2D eigenvalue weighted by Gasteiger charge is -2.31. The molecule has 0 spiro atoms. The highest BCUT2D eigenvalue weighted by Crippen LogP contribution is 2.22. The number of piperidine rings is 1. The van der Waals surface area contributed by atoms with Crippen molar-refractivity contribution in [3.63, 3.8) is 0 Å². The van der Waals surface area contributed by atoms with Crippen LogP contribution in [0.25, 0.3) is 0 Å². The van der Waals surface area contributed by atoms with E-state index >= 15 is 0 Å². The minimum absolute atomic E-state index is 0.427. The van der Waals surface area contributed by atoms with Crippen molar-refractivity contribution >= 4 is 5.78 Å². The smallest absolute Gasteiger partial charge is 0.136 e. The van der Waals surface area contributed by atoms with Crippen LogP contribution in [0, 0.1) is 0 Å². The van der Waals surface area contributed by atoms with Gasteiger partial charge in [0.2, 0.25) is 0 Å². The third-order valence-corrected chi connectivity index (χ3v) is 3.72. The lowest BCUT2D eigenvalue weighted by molar-refractivity contribution is -0.118. The largest absolute Gasteiger partial charge is 0.375 e. The Labute approximate surface area is 98.7 Å². The van der Waals surface area contributed by atoms with Gasteiger partial charge in [-0.15, -0.1) is 0 Å². The van der Waals surface area contributed by atoms with Crippen LogP contribution < -0.4 is 0 Å². The number of allylic oxidation sites excluding steroid dienone is 2. The molecule has 0 aromatic carbocycles. The van der Waals surface area contributed by atoms with Crippen LogP contribution in [0.4, 0.5) is 0 Å². The Balaban J connectivity index is 1.97. The summed E-state index contributed by atoms with van der Waals surface area (Å²) >= 11 is 0. The minimum atomic E-state index is 0.427. The molecule has 2 aliphatic rings. The molecule has 16 heavy (non-hydrogen) atoms. The van der Waals surface area contributed by atoms with Gasteiger partial charge in [-0.1, -0.05) is 12.5 Å². The normalized spacial score (nSPS) is 24.4. The first-order valence-corrected chi connectivity index (χ1v) is 6.82. The molecule has 2 rings (SSSR count). The second-order valence-corrected chi connectivity index (χ2v) is 5.05. The maximum Gasteiger partial charge on any atom is 0.136 e. The summed E-state index contributed by atoms with van der Waals surface area (Å²) in [7, 11) is 0. The summed E-state index contributed by atoms with van der Waals surface area (Å²) in [6, 6.07) is 0. The fourth-order valence-corrected chi connectivity index (χ4v) is 2.71. The van der Waals surface area contributed by atoms with E-state index in [0.29, 0.717) is 12.2 Å². The second kappa shape index (κ2) is 6.07. The van der Waals surface area contributed by atoms with Crippen molar-refractivity contribution in [2.75, 3.05) is 13.1 Å². The Kier molecular flexibility index (Phi) is 4.44. The molecular formula is C14H23NO. The third kappa shape index (κ3) is 3.36. The summed E-state index contributed by atoms with van der Waals surface area (Å²) in [5, 5.41) is 0. The van der Waals surface area contributed by atoms with Gasteiger partial charge in [0.25, 0.3) is 0 Å². The molecule has 0 amide bonds. The van der Waals surface area contributed by atoms with Crippen molar-refractivity contribution in [2.45, 2.75) is 57.8 Å². The maximum atomic E-state index is 11.6. The summed E-state index contributed by atoms with van der Waals surface area (Å²) < 4.78 is 0. The number of Topliss-reactive ketones (excluding diaryl/α,β-unsaturated/α-hetero) is 1. The number of ketones is 1. The first-order valence-electron chi connectivity index (χ1n) is 6.82. The van der Waals surface area contributed by atoms with Crippen LogP contribution in [0.1, 0.15) is 57.8 Å². The number of rotatable bonds is 1. The Morgan fingerprint density at radius 3 is 2.38 bits per heavy atom. The van der Waals surface area contributed by atoms with E-state index in [-0.39, 0.29) is 0 Å². The highest BCUT2D eigenvalue weighted by molar-refractivity contribution is 5.79. The van der Waals surface area contributed by atoms with Crippen LogP contribution in [0.3, 0.4) is 0 Å². The number of likely N-dealkylation sites (tertiary alicyclic amines) is 1. The Bertz CT molecular complexity index is 264. The molecule has 90 valence electrons. The second-order valence-electron chi connectivity index (χ2n) is 5.05. The molecule has 2 nitrogen and oxygen atoms in total. The number of nitrogens with zero attached hydrogens (tertiary/aromatic N) is 1. The topological polar surface area (TPSA) is 20.3 Å². The first kappa shape index (κ1) is 11.7. The van der Waals surface area contributed by atoms with Gasteiger partial charge in [-0.2, -0.15) is 0 Å². The lowest BCUT2D eigenvalue weighted by Crippen LogP contribution is -2.29. The fourth-order valence-electron chi connectivity index (χ4n) is 2.71. The van der Waals surface area contributed by atoms with Crippen LogP contribution in [0.5, 0.6) is 0 Å².